The van der Waals surface area contributed by atoms with E-state index in [1.807, 2.05) is 23.3 Å². The number of aryl methyl sites for hydroxylation is 1. The molecule has 112 valence electrons. The van der Waals surface area contributed by atoms with Gasteiger partial charge in [-0.25, -0.2) is 0 Å². The van der Waals surface area contributed by atoms with Crippen LogP contribution in [0.3, 0.4) is 0 Å². The second-order valence-electron chi connectivity index (χ2n) is 5.37. The van der Waals surface area contributed by atoms with Crippen molar-refractivity contribution in [2.45, 2.75) is 6.42 Å². The number of hydrogen-bond acceptors (Lipinski definition) is 4. The van der Waals surface area contributed by atoms with E-state index >= 15 is 0 Å². The molecule has 2 aromatic heterocycles. The van der Waals surface area contributed by atoms with Gasteiger partial charge in [0.2, 0.25) is 0 Å². The molecule has 0 atom stereocenters. The van der Waals surface area contributed by atoms with Crippen LogP contribution in [0.5, 0.6) is 0 Å². The quantitative estimate of drug-likeness (QED) is 0.859. The van der Waals surface area contributed by atoms with Crippen LogP contribution < -0.4 is 0 Å². The number of hydrogen-bond donors (Lipinski definition) is 0. The molecule has 0 N–H and O–H groups in total. The highest BCUT2D eigenvalue weighted by molar-refractivity contribution is 7.09. The van der Waals surface area contributed by atoms with Gasteiger partial charge in [-0.05, 0) is 17.9 Å². The van der Waals surface area contributed by atoms with Crippen LogP contribution in [-0.2, 0) is 13.5 Å². The highest BCUT2D eigenvalue weighted by atomic mass is 32.1. The Bertz CT molecular complexity index is 585. The van der Waals surface area contributed by atoms with E-state index in [1.165, 1.54) is 4.88 Å². The van der Waals surface area contributed by atoms with Crippen LogP contribution in [0, 0.1) is 0 Å². The lowest BCUT2D eigenvalue weighted by Crippen LogP contribution is -2.49. The summed E-state index contributed by atoms with van der Waals surface area (Å²) in [6.45, 7) is 4.60. The third-order valence-corrected chi connectivity index (χ3v) is 4.80. The fourth-order valence-corrected chi connectivity index (χ4v) is 3.31. The SMILES string of the molecule is Cn1cc(C(=O)N2CCN(CCc3cccs3)CC2)cn1. The number of thiophene rings is 1. The molecule has 3 rings (SSSR count). The van der Waals surface area contributed by atoms with Gasteiger partial charge in [-0.1, -0.05) is 6.07 Å². The Morgan fingerprint density at radius 2 is 2.14 bits per heavy atom. The summed E-state index contributed by atoms with van der Waals surface area (Å²) in [6.07, 6.45) is 4.53. The lowest BCUT2D eigenvalue weighted by molar-refractivity contribution is 0.0638. The Labute approximate surface area is 128 Å². The van der Waals surface area contributed by atoms with Crippen LogP contribution in [0.1, 0.15) is 15.2 Å². The Morgan fingerprint density at radius 1 is 1.33 bits per heavy atom. The zero-order valence-corrected chi connectivity index (χ0v) is 13.1. The van der Waals surface area contributed by atoms with Crippen LogP contribution in [-0.4, -0.2) is 58.2 Å². The molecule has 1 aliphatic heterocycles. The van der Waals surface area contributed by atoms with Crippen LogP contribution in [0.2, 0.25) is 0 Å². The highest BCUT2D eigenvalue weighted by Gasteiger charge is 2.22. The van der Waals surface area contributed by atoms with Gasteiger partial charge in [-0.2, -0.15) is 5.10 Å². The molecule has 0 spiro atoms. The molecule has 1 amide bonds. The van der Waals surface area contributed by atoms with Gasteiger partial charge in [0.25, 0.3) is 5.91 Å². The number of carbonyl (C=O) groups excluding carboxylic acids is 1. The van der Waals surface area contributed by atoms with E-state index < -0.39 is 0 Å². The first kappa shape index (κ1) is 14.3. The summed E-state index contributed by atoms with van der Waals surface area (Å²) in [5.41, 5.74) is 0.685. The molecule has 1 saturated heterocycles. The second-order valence-corrected chi connectivity index (χ2v) is 6.40. The number of rotatable bonds is 4. The molecule has 2 aromatic rings. The van der Waals surface area contributed by atoms with E-state index in [0.29, 0.717) is 5.56 Å². The van der Waals surface area contributed by atoms with Gasteiger partial charge in [0.1, 0.15) is 0 Å². The zero-order chi connectivity index (χ0) is 14.7. The van der Waals surface area contributed by atoms with E-state index in [9.17, 15) is 4.79 Å². The third kappa shape index (κ3) is 3.51. The largest absolute Gasteiger partial charge is 0.336 e. The van der Waals surface area contributed by atoms with Gasteiger partial charge in [-0.15, -0.1) is 11.3 Å². The molecule has 6 heteroatoms. The number of aromatic nitrogens is 2. The summed E-state index contributed by atoms with van der Waals surface area (Å²) >= 11 is 1.82. The predicted octanol–water partition coefficient (Wildman–Crippen LogP) is 1.48. The van der Waals surface area contributed by atoms with Crippen molar-refractivity contribution in [1.29, 1.82) is 0 Å². The van der Waals surface area contributed by atoms with Crippen molar-refractivity contribution in [1.82, 2.24) is 19.6 Å². The first-order valence-corrected chi connectivity index (χ1v) is 8.13. The minimum Gasteiger partial charge on any atom is -0.336 e. The lowest BCUT2D eigenvalue weighted by atomic mass is 10.2. The zero-order valence-electron chi connectivity index (χ0n) is 12.2. The van der Waals surface area contributed by atoms with Crippen molar-refractivity contribution in [3.05, 3.63) is 40.3 Å². The number of amides is 1. The Kier molecular flexibility index (Phi) is 4.36. The Morgan fingerprint density at radius 3 is 2.76 bits per heavy atom. The molecular weight excluding hydrogens is 284 g/mol. The monoisotopic (exact) mass is 304 g/mol. The average molecular weight is 304 g/mol. The molecule has 0 unspecified atom stereocenters. The maximum absolute atomic E-state index is 12.3. The van der Waals surface area contributed by atoms with E-state index in [0.717, 1.165) is 39.1 Å². The molecule has 5 nitrogen and oxygen atoms in total. The molecule has 0 saturated carbocycles. The van der Waals surface area contributed by atoms with Gasteiger partial charge in [0, 0.05) is 50.8 Å². The van der Waals surface area contributed by atoms with Gasteiger partial charge < -0.3 is 4.90 Å². The molecule has 1 aliphatic rings. The van der Waals surface area contributed by atoms with Crippen molar-refractivity contribution >= 4 is 17.2 Å². The summed E-state index contributed by atoms with van der Waals surface area (Å²) in [5, 5.41) is 6.19. The van der Waals surface area contributed by atoms with Gasteiger partial charge >= 0.3 is 0 Å². The van der Waals surface area contributed by atoms with E-state index in [4.69, 9.17) is 0 Å². The summed E-state index contributed by atoms with van der Waals surface area (Å²) < 4.78 is 1.67. The highest BCUT2D eigenvalue weighted by Crippen LogP contribution is 2.12. The second kappa shape index (κ2) is 6.41. The number of nitrogens with zero attached hydrogens (tertiary/aromatic N) is 4. The standard InChI is InChI=1S/C15H20N4OS/c1-17-12-13(11-16-17)15(20)19-8-6-18(7-9-19)5-4-14-3-2-10-21-14/h2-3,10-12H,4-9H2,1H3. The molecule has 0 bridgehead atoms. The van der Waals surface area contributed by atoms with E-state index in [1.54, 1.807) is 17.1 Å². The smallest absolute Gasteiger partial charge is 0.257 e. The fourth-order valence-electron chi connectivity index (χ4n) is 2.61. The summed E-state index contributed by atoms with van der Waals surface area (Å²) in [5.74, 6) is 0.0982. The first-order valence-electron chi connectivity index (χ1n) is 7.25. The van der Waals surface area contributed by atoms with Crippen LogP contribution >= 0.6 is 11.3 Å². The van der Waals surface area contributed by atoms with Crippen LogP contribution in [0.15, 0.2) is 29.9 Å². The maximum Gasteiger partial charge on any atom is 0.257 e. The van der Waals surface area contributed by atoms with Crippen molar-refractivity contribution in [2.24, 2.45) is 7.05 Å². The summed E-state index contributed by atoms with van der Waals surface area (Å²) in [7, 11) is 1.83. The van der Waals surface area contributed by atoms with Crippen molar-refractivity contribution in [3.63, 3.8) is 0 Å². The number of piperazine rings is 1. The van der Waals surface area contributed by atoms with E-state index in [2.05, 4.69) is 27.5 Å². The molecule has 0 radical (unpaired) electrons. The van der Waals surface area contributed by atoms with Crippen LogP contribution in [0.25, 0.3) is 0 Å². The molecule has 0 aromatic carbocycles. The molecular formula is C15H20N4OS. The normalized spacial score (nSPS) is 16.3. The fraction of sp³-hybridized carbons (Fsp3) is 0.467. The summed E-state index contributed by atoms with van der Waals surface area (Å²) in [4.78, 5) is 18.1. The molecule has 3 heterocycles. The average Bonchev–Trinajstić information content (AvgIpc) is 3.16. The van der Waals surface area contributed by atoms with Gasteiger partial charge in [0.05, 0.1) is 11.8 Å². The van der Waals surface area contributed by atoms with Gasteiger partial charge in [0.15, 0.2) is 0 Å². The van der Waals surface area contributed by atoms with Crippen molar-refractivity contribution < 1.29 is 4.79 Å². The maximum atomic E-state index is 12.3. The minimum absolute atomic E-state index is 0.0982. The molecule has 1 fully saturated rings. The summed E-state index contributed by atoms with van der Waals surface area (Å²) in [6, 6.07) is 4.29. The topological polar surface area (TPSA) is 41.4 Å². The molecule has 0 aliphatic carbocycles. The number of carbonyl (C=O) groups is 1. The van der Waals surface area contributed by atoms with Crippen molar-refractivity contribution in [2.75, 3.05) is 32.7 Å². The van der Waals surface area contributed by atoms with Crippen LogP contribution in [0.4, 0.5) is 0 Å². The predicted molar refractivity (Wildman–Crippen MR) is 83.6 cm³/mol. The van der Waals surface area contributed by atoms with Gasteiger partial charge in [-0.3, -0.25) is 14.4 Å². The van der Waals surface area contributed by atoms with E-state index in [-0.39, 0.29) is 5.91 Å². The third-order valence-electron chi connectivity index (χ3n) is 3.87. The lowest BCUT2D eigenvalue weighted by Gasteiger charge is -2.34. The van der Waals surface area contributed by atoms with Crippen molar-refractivity contribution in [3.8, 4) is 0 Å². The minimum atomic E-state index is 0.0982. The first-order chi connectivity index (χ1) is 10.2. The Hall–Kier alpha value is -1.66. The Balaban J connectivity index is 1.47. The molecule has 21 heavy (non-hydrogen) atoms.